The third kappa shape index (κ3) is 8.10. The Morgan fingerprint density at radius 1 is 1.07 bits per heavy atom. The fourth-order valence-electron chi connectivity index (χ4n) is 2.81. The standard InChI is InChI=1S/C22H30N4O3.HI/c1-5-29-19-11-9-17(10-12-19)16-26(3)22(23-2)25-14-13-24-21(27)18-7-6-8-20(15-18)28-4;/h6-12,15H,5,13-14,16H2,1-4H3,(H,23,25)(H,24,27);1H. The quantitative estimate of drug-likeness (QED) is 0.227. The lowest BCUT2D eigenvalue weighted by Crippen LogP contribution is -2.42. The van der Waals surface area contributed by atoms with Crippen LogP contribution in [-0.2, 0) is 6.54 Å². The Kier molecular flexibility index (Phi) is 11.7. The van der Waals surface area contributed by atoms with Crippen molar-refractivity contribution in [3.8, 4) is 11.5 Å². The molecule has 1 amide bonds. The SMILES string of the molecule is CCOc1ccc(CN(C)C(=NC)NCCNC(=O)c2cccc(OC)c2)cc1.I. The highest BCUT2D eigenvalue weighted by Gasteiger charge is 2.08. The molecule has 0 aliphatic carbocycles. The van der Waals surface area contributed by atoms with E-state index in [2.05, 4.69) is 15.6 Å². The summed E-state index contributed by atoms with van der Waals surface area (Å²) in [5, 5.41) is 6.15. The second kappa shape index (κ2) is 13.7. The zero-order valence-corrected chi connectivity index (χ0v) is 20.3. The smallest absolute Gasteiger partial charge is 0.251 e. The number of methoxy groups -OCH3 is 1. The van der Waals surface area contributed by atoms with Crippen LogP contribution >= 0.6 is 24.0 Å². The highest BCUT2D eigenvalue weighted by atomic mass is 127. The summed E-state index contributed by atoms with van der Waals surface area (Å²) in [7, 11) is 5.29. The number of halogens is 1. The van der Waals surface area contributed by atoms with Crippen LogP contribution in [0.2, 0.25) is 0 Å². The van der Waals surface area contributed by atoms with Crippen LogP contribution < -0.4 is 20.1 Å². The number of ether oxygens (including phenoxy) is 2. The van der Waals surface area contributed by atoms with E-state index in [4.69, 9.17) is 9.47 Å². The lowest BCUT2D eigenvalue weighted by molar-refractivity contribution is 0.0954. The third-order valence-electron chi connectivity index (χ3n) is 4.25. The van der Waals surface area contributed by atoms with E-state index < -0.39 is 0 Å². The van der Waals surface area contributed by atoms with Crippen LogP contribution in [0.25, 0.3) is 0 Å². The van der Waals surface area contributed by atoms with Crippen molar-refractivity contribution in [1.29, 1.82) is 0 Å². The van der Waals surface area contributed by atoms with E-state index in [9.17, 15) is 4.79 Å². The Morgan fingerprint density at radius 2 is 1.77 bits per heavy atom. The molecule has 0 aliphatic heterocycles. The number of guanidine groups is 1. The average molecular weight is 526 g/mol. The predicted octanol–water partition coefficient (Wildman–Crippen LogP) is 3.15. The zero-order valence-electron chi connectivity index (χ0n) is 18.0. The molecule has 0 unspecified atom stereocenters. The number of benzene rings is 2. The maximum atomic E-state index is 12.2. The van der Waals surface area contributed by atoms with E-state index >= 15 is 0 Å². The minimum atomic E-state index is -0.136. The highest BCUT2D eigenvalue weighted by molar-refractivity contribution is 14.0. The molecule has 2 aromatic rings. The van der Waals surface area contributed by atoms with Gasteiger partial charge in [0.15, 0.2) is 5.96 Å². The van der Waals surface area contributed by atoms with Crippen LogP contribution in [-0.4, -0.2) is 57.7 Å². The molecule has 0 fully saturated rings. The molecule has 7 nitrogen and oxygen atoms in total. The summed E-state index contributed by atoms with van der Waals surface area (Å²) in [6.07, 6.45) is 0. The van der Waals surface area contributed by atoms with Gasteiger partial charge in [-0.15, -0.1) is 24.0 Å². The van der Waals surface area contributed by atoms with Gasteiger partial charge in [-0.05, 0) is 42.8 Å². The van der Waals surface area contributed by atoms with Gasteiger partial charge in [0.1, 0.15) is 11.5 Å². The molecule has 2 rings (SSSR count). The monoisotopic (exact) mass is 526 g/mol. The van der Waals surface area contributed by atoms with Gasteiger partial charge in [-0.2, -0.15) is 0 Å². The van der Waals surface area contributed by atoms with Crippen molar-refractivity contribution in [1.82, 2.24) is 15.5 Å². The number of amides is 1. The molecule has 2 aromatic carbocycles. The Balaban J connectivity index is 0.00000450. The zero-order chi connectivity index (χ0) is 21.1. The second-order valence-corrected chi connectivity index (χ2v) is 6.39. The summed E-state index contributed by atoms with van der Waals surface area (Å²) in [5.41, 5.74) is 1.73. The topological polar surface area (TPSA) is 75.2 Å². The Bertz CT molecular complexity index is 812. The molecule has 0 bridgehead atoms. The summed E-state index contributed by atoms with van der Waals surface area (Å²) in [6.45, 7) is 4.38. The minimum absolute atomic E-state index is 0. The van der Waals surface area contributed by atoms with Gasteiger partial charge >= 0.3 is 0 Å². The van der Waals surface area contributed by atoms with Gasteiger partial charge in [0, 0.05) is 39.3 Å². The first-order valence-corrected chi connectivity index (χ1v) is 9.63. The largest absolute Gasteiger partial charge is 0.497 e. The molecule has 8 heteroatoms. The number of aliphatic imine (C=N–C) groups is 1. The normalized spacial score (nSPS) is 10.6. The molecule has 0 atom stereocenters. The fraction of sp³-hybridized carbons (Fsp3) is 0.364. The number of hydrogen-bond acceptors (Lipinski definition) is 4. The Morgan fingerprint density at radius 3 is 2.40 bits per heavy atom. The second-order valence-electron chi connectivity index (χ2n) is 6.39. The van der Waals surface area contributed by atoms with Gasteiger partial charge in [0.05, 0.1) is 13.7 Å². The first kappa shape index (κ1) is 25.5. The molecule has 0 aromatic heterocycles. The van der Waals surface area contributed by atoms with E-state index in [0.29, 0.717) is 37.6 Å². The van der Waals surface area contributed by atoms with Crippen molar-refractivity contribution in [2.45, 2.75) is 13.5 Å². The summed E-state index contributed by atoms with van der Waals surface area (Å²) < 4.78 is 10.6. The number of carbonyl (C=O) groups is 1. The van der Waals surface area contributed by atoms with Gasteiger partial charge < -0.3 is 25.0 Å². The summed E-state index contributed by atoms with van der Waals surface area (Å²) >= 11 is 0. The Labute approximate surface area is 195 Å². The molecule has 164 valence electrons. The van der Waals surface area contributed by atoms with Crippen molar-refractivity contribution < 1.29 is 14.3 Å². The molecule has 0 saturated heterocycles. The molecule has 0 heterocycles. The van der Waals surface area contributed by atoms with Crippen molar-refractivity contribution in [2.24, 2.45) is 4.99 Å². The van der Waals surface area contributed by atoms with Gasteiger partial charge in [0.2, 0.25) is 0 Å². The van der Waals surface area contributed by atoms with Gasteiger partial charge in [-0.1, -0.05) is 18.2 Å². The number of hydrogen-bond donors (Lipinski definition) is 2. The Hall–Kier alpha value is -2.49. The maximum Gasteiger partial charge on any atom is 0.251 e. The van der Waals surface area contributed by atoms with Crippen molar-refractivity contribution in [2.75, 3.05) is 40.9 Å². The molecule has 2 N–H and O–H groups in total. The number of carbonyl (C=O) groups excluding carboxylic acids is 1. The molecular weight excluding hydrogens is 495 g/mol. The van der Waals surface area contributed by atoms with Crippen molar-refractivity contribution in [3.05, 3.63) is 59.7 Å². The van der Waals surface area contributed by atoms with E-state index in [1.807, 2.05) is 49.2 Å². The van der Waals surface area contributed by atoms with Crippen LogP contribution in [0, 0.1) is 0 Å². The summed E-state index contributed by atoms with van der Waals surface area (Å²) in [5.74, 6) is 2.15. The van der Waals surface area contributed by atoms with E-state index in [-0.39, 0.29) is 29.9 Å². The van der Waals surface area contributed by atoms with Gasteiger partial charge in [0.25, 0.3) is 5.91 Å². The third-order valence-corrected chi connectivity index (χ3v) is 4.25. The van der Waals surface area contributed by atoms with Crippen molar-refractivity contribution >= 4 is 35.8 Å². The van der Waals surface area contributed by atoms with Crippen LogP contribution in [0.1, 0.15) is 22.8 Å². The van der Waals surface area contributed by atoms with Crippen molar-refractivity contribution in [3.63, 3.8) is 0 Å². The average Bonchev–Trinajstić information content (AvgIpc) is 2.75. The molecule has 0 aliphatic rings. The predicted molar refractivity (Wildman–Crippen MR) is 131 cm³/mol. The van der Waals surface area contributed by atoms with Crippen LogP contribution in [0.5, 0.6) is 11.5 Å². The first-order valence-electron chi connectivity index (χ1n) is 9.63. The lowest BCUT2D eigenvalue weighted by Gasteiger charge is -2.22. The molecule has 0 saturated carbocycles. The fourth-order valence-corrected chi connectivity index (χ4v) is 2.81. The number of nitrogens with one attached hydrogen (secondary N) is 2. The molecule has 0 spiro atoms. The van der Waals surface area contributed by atoms with Crippen LogP contribution in [0.4, 0.5) is 0 Å². The maximum absolute atomic E-state index is 12.2. The van der Waals surface area contributed by atoms with Gasteiger partial charge in [-0.3, -0.25) is 9.79 Å². The summed E-state index contributed by atoms with van der Waals surface area (Å²) in [4.78, 5) is 18.6. The molecular formula is C22H31IN4O3. The number of nitrogens with zero attached hydrogens (tertiary/aromatic N) is 2. The lowest BCUT2D eigenvalue weighted by atomic mass is 10.2. The number of rotatable bonds is 9. The van der Waals surface area contributed by atoms with E-state index in [1.54, 1.807) is 32.4 Å². The molecule has 30 heavy (non-hydrogen) atoms. The summed E-state index contributed by atoms with van der Waals surface area (Å²) in [6, 6.07) is 15.1. The molecule has 0 radical (unpaired) electrons. The van der Waals surface area contributed by atoms with E-state index in [1.165, 1.54) is 0 Å². The van der Waals surface area contributed by atoms with Gasteiger partial charge in [-0.25, -0.2) is 0 Å². The highest BCUT2D eigenvalue weighted by Crippen LogP contribution is 2.13. The van der Waals surface area contributed by atoms with Crippen LogP contribution in [0.3, 0.4) is 0 Å². The first-order chi connectivity index (χ1) is 14.1. The van der Waals surface area contributed by atoms with Crippen LogP contribution in [0.15, 0.2) is 53.5 Å². The van der Waals surface area contributed by atoms with E-state index in [0.717, 1.165) is 17.3 Å². The minimum Gasteiger partial charge on any atom is -0.497 e.